The summed E-state index contributed by atoms with van der Waals surface area (Å²) in [6, 6.07) is 17.7. The average molecular weight is 363 g/mol. The van der Waals surface area contributed by atoms with E-state index in [4.69, 9.17) is 5.73 Å². The Morgan fingerprint density at radius 1 is 1.00 bits per heavy atom. The van der Waals surface area contributed by atoms with E-state index in [2.05, 4.69) is 17.4 Å². The van der Waals surface area contributed by atoms with Crippen molar-refractivity contribution in [3.63, 3.8) is 0 Å². The largest absolute Gasteiger partial charge is 0.340 e. The monoisotopic (exact) mass is 363 g/mol. The van der Waals surface area contributed by atoms with Gasteiger partial charge in [-0.25, -0.2) is 0 Å². The maximum Gasteiger partial charge on any atom is 0.227 e. The van der Waals surface area contributed by atoms with E-state index >= 15 is 0 Å². The van der Waals surface area contributed by atoms with Gasteiger partial charge in [-0.3, -0.25) is 9.59 Å². The van der Waals surface area contributed by atoms with Crippen LogP contribution in [0.2, 0.25) is 0 Å². The molecular weight excluding hydrogens is 338 g/mol. The van der Waals surface area contributed by atoms with Gasteiger partial charge in [0.15, 0.2) is 0 Å². The van der Waals surface area contributed by atoms with Crippen molar-refractivity contribution in [2.45, 2.75) is 31.2 Å². The Hall–Kier alpha value is -2.66. The second-order valence-electron chi connectivity index (χ2n) is 7.62. The van der Waals surface area contributed by atoms with E-state index < -0.39 is 0 Å². The molecule has 2 aliphatic rings. The number of nitrogens with zero attached hydrogens (tertiary/aromatic N) is 1. The topological polar surface area (TPSA) is 75.4 Å². The number of carbonyl (C=O) groups excluding carboxylic acids is 2. The number of hydrogen-bond acceptors (Lipinski definition) is 3. The van der Waals surface area contributed by atoms with Crippen molar-refractivity contribution in [3.8, 4) is 0 Å². The van der Waals surface area contributed by atoms with Crippen molar-refractivity contribution in [1.82, 2.24) is 4.90 Å². The highest BCUT2D eigenvalue weighted by molar-refractivity contribution is 5.94. The van der Waals surface area contributed by atoms with E-state index in [0.29, 0.717) is 19.5 Å². The second kappa shape index (κ2) is 7.53. The Morgan fingerprint density at radius 2 is 1.70 bits per heavy atom. The van der Waals surface area contributed by atoms with Gasteiger partial charge in [0.2, 0.25) is 11.8 Å². The molecule has 1 aliphatic heterocycles. The molecule has 0 unspecified atom stereocenters. The van der Waals surface area contributed by atoms with Crippen molar-refractivity contribution >= 4 is 17.5 Å². The molecule has 0 spiro atoms. The summed E-state index contributed by atoms with van der Waals surface area (Å²) in [5.41, 5.74) is 9.22. The van der Waals surface area contributed by atoms with Crippen LogP contribution in [0.25, 0.3) is 0 Å². The first-order valence-corrected chi connectivity index (χ1v) is 9.58. The van der Waals surface area contributed by atoms with Gasteiger partial charge < -0.3 is 16.0 Å². The van der Waals surface area contributed by atoms with Crippen LogP contribution < -0.4 is 11.1 Å². The van der Waals surface area contributed by atoms with Gasteiger partial charge >= 0.3 is 0 Å². The van der Waals surface area contributed by atoms with Gasteiger partial charge in [-0.15, -0.1) is 0 Å². The number of nitrogens with two attached hydrogens (primary N) is 1. The number of anilines is 1. The minimum atomic E-state index is -0.0311. The molecule has 140 valence electrons. The third-order valence-corrected chi connectivity index (χ3v) is 5.47. The number of rotatable bonds is 5. The Bertz CT molecular complexity index is 815. The Balaban J connectivity index is 1.34. The zero-order valence-electron chi connectivity index (χ0n) is 15.3. The zero-order chi connectivity index (χ0) is 18.8. The molecule has 2 fully saturated rings. The first-order chi connectivity index (χ1) is 13.1. The molecule has 0 radical (unpaired) electrons. The summed E-state index contributed by atoms with van der Waals surface area (Å²) in [7, 11) is 0. The molecule has 2 atom stereocenters. The van der Waals surface area contributed by atoms with Crippen LogP contribution in [0.1, 0.15) is 29.9 Å². The van der Waals surface area contributed by atoms with Gasteiger partial charge in [-0.05, 0) is 36.1 Å². The van der Waals surface area contributed by atoms with Crippen LogP contribution in [0.15, 0.2) is 54.6 Å². The van der Waals surface area contributed by atoms with E-state index in [1.807, 2.05) is 47.4 Å². The Labute approximate surface area is 159 Å². The third kappa shape index (κ3) is 4.19. The maximum absolute atomic E-state index is 12.7. The minimum Gasteiger partial charge on any atom is -0.340 e. The summed E-state index contributed by atoms with van der Waals surface area (Å²) >= 11 is 0. The molecule has 1 saturated heterocycles. The van der Waals surface area contributed by atoms with Crippen LogP contribution in [0.5, 0.6) is 0 Å². The van der Waals surface area contributed by atoms with E-state index in [1.165, 1.54) is 5.56 Å². The van der Waals surface area contributed by atoms with Crippen LogP contribution in [0.3, 0.4) is 0 Å². The molecule has 2 aromatic rings. The summed E-state index contributed by atoms with van der Waals surface area (Å²) in [5, 5.41) is 2.92. The standard InChI is InChI=1S/C22H25N3O2/c23-20-14-25(13-19(20)16-4-2-1-3-5-16)21(26)12-15-6-10-18(11-7-15)24-22(27)17-8-9-17/h1-7,10-11,17,19-20H,8-9,12-14,23H2,(H,24,27)/t19-,20+/m0/s1. The Kier molecular flexibility index (Phi) is 4.94. The van der Waals surface area contributed by atoms with Gasteiger partial charge in [0.25, 0.3) is 0 Å². The third-order valence-electron chi connectivity index (χ3n) is 5.47. The molecule has 1 saturated carbocycles. The second-order valence-corrected chi connectivity index (χ2v) is 7.62. The summed E-state index contributed by atoms with van der Waals surface area (Å²) in [5.74, 6) is 0.564. The van der Waals surface area contributed by atoms with Crippen LogP contribution in [-0.4, -0.2) is 35.8 Å². The van der Waals surface area contributed by atoms with Gasteiger partial charge in [0.1, 0.15) is 0 Å². The number of amides is 2. The SMILES string of the molecule is N[C@@H]1CN(C(=O)Cc2ccc(NC(=O)C3CC3)cc2)C[C@H]1c1ccccc1. The van der Waals surface area contributed by atoms with Gasteiger partial charge in [0.05, 0.1) is 6.42 Å². The zero-order valence-corrected chi connectivity index (χ0v) is 15.3. The van der Waals surface area contributed by atoms with E-state index in [-0.39, 0.29) is 29.7 Å². The molecule has 2 aromatic carbocycles. The number of hydrogen-bond donors (Lipinski definition) is 2. The number of likely N-dealkylation sites (tertiary alicyclic amines) is 1. The molecule has 1 heterocycles. The molecule has 0 aromatic heterocycles. The van der Waals surface area contributed by atoms with Crippen LogP contribution >= 0.6 is 0 Å². The lowest BCUT2D eigenvalue weighted by Crippen LogP contribution is -2.33. The van der Waals surface area contributed by atoms with E-state index in [1.54, 1.807) is 0 Å². The minimum absolute atomic E-state index is 0.0311. The highest BCUT2D eigenvalue weighted by Crippen LogP contribution is 2.30. The molecule has 5 nitrogen and oxygen atoms in total. The smallest absolute Gasteiger partial charge is 0.227 e. The molecule has 4 rings (SSSR count). The van der Waals surface area contributed by atoms with Crippen LogP contribution in [0.4, 0.5) is 5.69 Å². The Morgan fingerprint density at radius 3 is 2.37 bits per heavy atom. The van der Waals surface area contributed by atoms with Crippen molar-refractivity contribution in [3.05, 3.63) is 65.7 Å². The van der Waals surface area contributed by atoms with E-state index in [9.17, 15) is 9.59 Å². The lowest BCUT2D eigenvalue weighted by Gasteiger charge is -2.17. The fraction of sp³-hybridized carbons (Fsp3) is 0.364. The van der Waals surface area contributed by atoms with Crippen LogP contribution in [0, 0.1) is 5.92 Å². The maximum atomic E-state index is 12.7. The van der Waals surface area contributed by atoms with Gasteiger partial charge in [-0.1, -0.05) is 42.5 Å². The summed E-state index contributed by atoms with van der Waals surface area (Å²) < 4.78 is 0. The van der Waals surface area contributed by atoms with Crippen molar-refractivity contribution < 1.29 is 9.59 Å². The normalized spacial score (nSPS) is 21.9. The highest BCUT2D eigenvalue weighted by atomic mass is 16.2. The van der Waals surface area contributed by atoms with Crippen molar-refractivity contribution in [2.24, 2.45) is 11.7 Å². The molecule has 0 bridgehead atoms. The number of carbonyl (C=O) groups is 2. The lowest BCUT2D eigenvalue weighted by molar-refractivity contribution is -0.129. The average Bonchev–Trinajstić information content (AvgIpc) is 3.46. The summed E-state index contributed by atoms with van der Waals surface area (Å²) in [4.78, 5) is 26.4. The van der Waals surface area contributed by atoms with Crippen LogP contribution in [-0.2, 0) is 16.0 Å². The van der Waals surface area contributed by atoms with E-state index in [0.717, 1.165) is 24.1 Å². The van der Waals surface area contributed by atoms with Gasteiger partial charge in [0, 0.05) is 36.7 Å². The highest BCUT2D eigenvalue weighted by Gasteiger charge is 2.33. The van der Waals surface area contributed by atoms with Crippen molar-refractivity contribution in [2.75, 3.05) is 18.4 Å². The lowest BCUT2D eigenvalue weighted by atomic mass is 9.95. The van der Waals surface area contributed by atoms with Crippen molar-refractivity contribution in [1.29, 1.82) is 0 Å². The number of benzene rings is 2. The first kappa shape index (κ1) is 17.7. The first-order valence-electron chi connectivity index (χ1n) is 9.58. The predicted molar refractivity (Wildman–Crippen MR) is 105 cm³/mol. The number of nitrogens with one attached hydrogen (secondary N) is 1. The van der Waals surface area contributed by atoms with Gasteiger partial charge in [-0.2, -0.15) is 0 Å². The summed E-state index contributed by atoms with van der Waals surface area (Å²) in [6.45, 7) is 1.26. The molecular formula is C22H25N3O2. The quantitative estimate of drug-likeness (QED) is 0.857. The fourth-order valence-electron chi connectivity index (χ4n) is 3.67. The fourth-order valence-corrected chi connectivity index (χ4v) is 3.67. The molecule has 3 N–H and O–H groups in total. The summed E-state index contributed by atoms with van der Waals surface area (Å²) in [6.07, 6.45) is 2.33. The molecule has 1 aliphatic carbocycles. The molecule has 5 heteroatoms. The molecule has 2 amide bonds. The predicted octanol–water partition coefficient (Wildman–Crippen LogP) is 2.53. The molecule has 27 heavy (non-hydrogen) atoms.